The number of fused-ring (bicyclic) bond motifs is 1. The van der Waals surface area contributed by atoms with Crippen LogP contribution >= 0.6 is 0 Å². The van der Waals surface area contributed by atoms with Gasteiger partial charge in [0.25, 0.3) is 0 Å². The maximum Gasteiger partial charge on any atom is 0.488 e. The lowest BCUT2D eigenvalue weighted by atomic mass is 9.80. The maximum atomic E-state index is 9.38. The van der Waals surface area contributed by atoms with Crippen molar-refractivity contribution >= 4 is 29.4 Å². The first-order chi connectivity index (χ1) is 15.5. The SMILES string of the molecule is COCc1cccc2c1cc(C)n2-c1nc(NCc2cccc(B(O)O)c2)nc(OC)n1. The Balaban J connectivity index is 1.69. The minimum absolute atomic E-state index is 0.186. The van der Waals surface area contributed by atoms with E-state index in [9.17, 15) is 10.0 Å². The van der Waals surface area contributed by atoms with E-state index < -0.39 is 7.12 Å². The number of aryl methyl sites for hydroxylation is 1. The summed E-state index contributed by atoms with van der Waals surface area (Å²) in [6, 6.07) is 15.3. The predicted molar refractivity (Wildman–Crippen MR) is 122 cm³/mol. The Bertz CT molecular complexity index is 1240. The quantitative estimate of drug-likeness (QED) is 0.359. The molecule has 2 heterocycles. The molecule has 4 rings (SSSR count). The second-order valence-corrected chi connectivity index (χ2v) is 7.32. The van der Waals surface area contributed by atoms with Crippen LogP contribution in [0.4, 0.5) is 5.95 Å². The highest BCUT2D eigenvalue weighted by atomic mass is 16.5. The zero-order valence-electron chi connectivity index (χ0n) is 18.1. The van der Waals surface area contributed by atoms with Gasteiger partial charge in [0, 0.05) is 24.7 Å². The van der Waals surface area contributed by atoms with E-state index in [1.807, 2.05) is 35.8 Å². The zero-order valence-corrected chi connectivity index (χ0v) is 18.1. The van der Waals surface area contributed by atoms with Gasteiger partial charge in [-0.05, 0) is 35.6 Å². The molecule has 0 saturated carbocycles. The average Bonchev–Trinajstić information content (AvgIpc) is 3.14. The molecule has 3 N–H and O–H groups in total. The van der Waals surface area contributed by atoms with Gasteiger partial charge in [-0.1, -0.05) is 36.4 Å². The molecule has 2 aromatic heterocycles. The van der Waals surface area contributed by atoms with Crippen LogP contribution in [-0.2, 0) is 17.9 Å². The van der Waals surface area contributed by atoms with Gasteiger partial charge in [-0.2, -0.15) is 15.0 Å². The molecule has 0 spiro atoms. The second-order valence-electron chi connectivity index (χ2n) is 7.32. The van der Waals surface area contributed by atoms with E-state index in [2.05, 4.69) is 26.3 Å². The number of nitrogens with one attached hydrogen (secondary N) is 1. The number of aromatic nitrogens is 4. The molecule has 0 bridgehead atoms. The highest BCUT2D eigenvalue weighted by Crippen LogP contribution is 2.27. The number of benzene rings is 2. The van der Waals surface area contributed by atoms with Crippen LogP contribution in [0.5, 0.6) is 6.01 Å². The largest absolute Gasteiger partial charge is 0.488 e. The fourth-order valence-electron chi connectivity index (χ4n) is 3.63. The van der Waals surface area contributed by atoms with E-state index in [0.717, 1.165) is 27.7 Å². The van der Waals surface area contributed by atoms with E-state index in [-0.39, 0.29) is 6.01 Å². The topological polar surface area (TPSA) is 115 Å². The first-order valence-electron chi connectivity index (χ1n) is 10.1. The highest BCUT2D eigenvalue weighted by Gasteiger charge is 2.16. The molecule has 0 aliphatic carbocycles. The van der Waals surface area contributed by atoms with Gasteiger partial charge in [0.15, 0.2) is 0 Å². The summed E-state index contributed by atoms with van der Waals surface area (Å²) < 4.78 is 12.6. The van der Waals surface area contributed by atoms with Gasteiger partial charge >= 0.3 is 13.1 Å². The van der Waals surface area contributed by atoms with Crippen molar-refractivity contribution in [3.05, 3.63) is 65.4 Å². The monoisotopic (exact) mass is 433 g/mol. The lowest BCUT2D eigenvalue weighted by molar-refractivity contribution is 0.186. The summed E-state index contributed by atoms with van der Waals surface area (Å²) in [7, 11) is 1.66. The fourth-order valence-corrected chi connectivity index (χ4v) is 3.63. The van der Waals surface area contributed by atoms with Crippen LogP contribution < -0.4 is 15.5 Å². The van der Waals surface area contributed by atoms with Gasteiger partial charge in [0.2, 0.25) is 11.9 Å². The van der Waals surface area contributed by atoms with Crippen molar-refractivity contribution in [2.24, 2.45) is 0 Å². The molecule has 0 radical (unpaired) electrons. The maximum absolute atomic E-state index is 9.38. The first-order valence-corrected chi connectivity index (χ1v) is 10.1. The third-order valence-electron chi connectivity index (χ3n) is 5.11. The molecule has 0 atom stereocenters. The molecule has 0 aliphatic heterocycles. The third kappa shape index (κ3) is 4.42. The van der Waals surface area contributed by atoms with E-state index in [4.69, 9.17) is 9.47 Å². The Morgan fingerprint density at radius 3 is 2.59 bits per heavy atom. The molecule has 0 saturated heterocycles. The standard InChI is InChI=1S/C22H24BN5O4/c1-14-10-18-16(13-31-2)7-5-9-19(18)28(14)21-25-20(26-22(27-21)32-3)24-12-15-6-4-8-17(11-15)23(29)30/h4-11,29-30H,12-13H2,1-3H3,(H,24,25,26,27). The Morgan fingerprint density at radius 1 is 1.03 bits per heavy atom. The van der Waals surface area contributed by atoms with Crippen molar-refractivity contribution in [1.82, 2.24) is 19.5 Å². The summed E-state index contributed by atoms with van der Waals surface area (Å²) in [5.74, 6) is 0.775. The summed E-state index contributed by atoms with van der Waals surface area (Å²) >= 11 is 0. The zero-order chi connectivity index (χ0) is 22.7. The smallest absolute Gasteiger partial charge is 0.467 e. The van der Waals surface area contributed by atoms with Crippen molar-refractivity contribution in [1.29, 1.82) is 0 Å². The average molecular weight is 433 g/mol. The predicted octanol–water partition coefficient (Wildman–Crippen LogP) is 1.57. The molecule has 4 aromatic rings. The Labute approximate surface area is 185 Å². The van der Waals surface area contributed by atoms with Crippen molar-refractivity contribution in [2.45, 2.75) is 20.1 Å². The minimum Gasteiger partial charge on any atom is -0.467 e. The summed E-state index contributed by atoms with van der Waals surface area (Å²) in [6.45, 7) is 2.89. The normalized spacial score (nSPS) is 11.0. The van der Waals surface area contributed by atoms with Gasteiger partial charge in [-0.25, -0.2) is 0 Å². The lowest BCUT2D eigenvalue weighted by Crippen LogP contribution is -2.30. The van der Waals surface area contributed by atoms with E-state index in [1.54, 1.807) is 25.3 Å². The summed E-state index contributed by atoms with van der Waals surface area (Å²) in [6.07, 6.45) is 0. The molecule has 0 amide bonds. The van der Waals surface area contributed by atoms with Crippen molar-refractivity contribution in [2.75, 3.05) is 19.5 Å². The fraction of sp³-hybridized carbons (Fsp3) is 0.227. The molecule has 9 nitrogen and oxygen atoms in total. The van der Waals surface area contributed by atoms with Crippen LogP contribution in [0.1, 0.15) is 16.8 Å². The van der Waals surface area contributed by atoms with Gasteiger partial charge in [0.1, 0.15) is 0 Å². The minimum atomic E-state index is -1.52. The van der Waals surface area contributed by atoms with Gasteiger partial charge in [-0.15, -0.1) is 0 Å². The Hall–Kier alpha value is -3.47. The van der Waals surface area contributed by atoms with Crippen LogP contribution in [0.15, 0.2) is 48.5 Å². The Kier molecular flexibility index (Phi) is 6.36. The number of anilines is 1. The van der Waals surface area contributed by atoms with Crippen LogP contribution in [0.2, 0.25) is 0 Å². The molecular weight excluding hydrogens is 409 g/mol. The van der Waals surface area contributed by atoms with E-state index in [1.165, 1.54) is 7.11 Å². The lowest BCUT2D eigenvalue weighted by Gasteiger charge is -2.11. The molecule has 164 valence electrons. The van der Waals surface area contributed by atoms with E-state index >= 15 is 0 Å². The number of rotatable bonds is 8. The second kappa shape index (κ2) is 9.35. The molecular formula is C22H24BN5O4. The molecule has 2 aromatic carbocycles. The van der Waals surface area contributed by atoms with Crippen LogP contribution in [0.3, 0.4) is 0 Å². The van der Waals surface area contributed by atoms with Crippen molar-refractivity contribution < 1.29 is 19.5 Å². The summed E-state index contributed by atoms with van der Waals surface area (Å²) in [5, 5.41) is 23.0. The highest BCUT2D eigenvalue weighted by molar-refractivity contribution is 6.58. The van der Waals surface area contributed by atoms with E-state index in [0.29, 0.717) is 30.5 Å². The molecule has 0 fully saturated rings. The third-order valence-corrected chi connectivity index (χ3v) is 5.11. The molecule has 32 heavy (non-hydrogen) atoms. The summed E-state index contributed by atoms with van der Waals surface area (Å²) in [4.78, 5) is 13.4. The van der Waals surface area contributed by atoms with Crippen LogP contribution in [0.25, 0.3) is 16.9 Å². The molecule has 0 aliphatic rings. The van der Waals surface area contributed by atoms with Crippen molar-refractivity contribution in [3.8, 4) is 12.0 Å². The van der Waals surface area contributed by atoms with Gasteiger partial charge in [-0.3, -0.25) is 4.57 Å². The number of hydrogen-bond acceptors (Lipinski definition) is 8. The van der Waals surface area contributed by atoms with Gasteiger partial charge in [0.05, 0.1) is 19.2 Å². The molecule has 0 unspecified atom stereocenters. The van der Waals surface area contributed by atoms with Crippen LogP contribution in [-0.4, -0.2) is 50.9 Å². The number of hydrogen-bond donors (Lipinski definition) is 3. The Morgan fingerprint density at radius 2 is 1.84 bits per heavy atom. The number of methoxy groups -OCH3 is 2. The number of nitrogens with zero attached hydrogens (tertiary/aromatic N) is 4. The summed E-state index contributed by atoms with van der Waals surface area (Å²) in [5.41, 5.74) is 4.27. The number of ether oxygens (including phenoxy) is 2. The van der Waals surface area contributed by atoms with Crippen molar-refractivity contribution in [3.63, 3.8) is 0 Å². The van der Waals surface area contributed by atoms with Gasteiger partial charge < -0.3 is 24.8 Å². The van der Waals surface area contributed by atoms with Crippen LogP contribution in [0, 0.1) is 6.92 Å². The first kappa shape index (κ1) is 21.8. The molecule has 10 heteroatoms.